The summed E-state index contributed by atoms with van der Waals surface area (Å²) in [5.74, 6) is -1.82. The van der Waals surface area contributed by atoms with Crippen LogP contribution in [0.4, 0.5) is 24.7 Å². The molecule has 0 bridgehead atoms. The van der Waals surface area contributed by atoms with Crippen molar-refractivity contribution in [3.8, 4) is 0 Å². The highest BCUT2D eigenvalue weighted by Crippen LogP contribution is 2.64. The molecular weight excluding hydrogens is 463 g/mol. The number of aryl methyl sites for hydroxylation is 2. The van der Waals surface area contributed by atoms with Crippen LogP contribution in [0.3, 0.4) is 0 Å². The van der Waals surface area contributed by atoms with Gasteiger partial charge < -0.3 is 15.9 Å². The number of nitrogens with two attached hydrogens (primary N) is 1. The third-order valence-corrected chi connectivity index (χ3v) is 7.84. The largest absolute Gasteiger partial charge is 0.383 e. The van der Waals surface area contributed by atoms with Crippen LogP contribution in [0.5, 0.6) is 0 Å². The van der Waals surface area contributed by atoms with E-state index >= 15 is 4.39 Å². The predicted molar refractivity (Wildman–Crippen MR) is 127 cm³/mol. The minimum Gasteiger partial charge on any atom is -0.383 e. The molecule has 0 saturated heterocycles. The number of halogens is 3. The smallest absolute Gasteiger partial charge is 0.153 e. The second-order valence-corrected chi connectivity index (χ2v) is 12.6. The van der Waals surface area contributed by atoms with Crippen LogP contribution >= 0.6 is 31.6 Å². The molecule has 5 nitrogen and oxygen atoms in total. The van der Waals surface area contributed by atoms with E-state index in [-0.39, 0.29) is 29.9 Å². The lowest BCUT2D eigenvalue weighted by molar-refractivity contribution is 0.557. The highest BCUT2D eigenvalue weighted by molar-refractivity contribution is 9.18. The number of benzene rings is 1. The number of anilines is 2. The Labute approximate surface area is 189 Å². The van der Waals surface area contributed by atoms with E-state index in [1.54, 1.807) is 13.0 Å². The third kappa shape index (κ3) is 5.28. The fraction of sp³-hybridized carbons (Fsp3) is 0.150. The van der Waals surface area contributed by atoms with Gasteiger partial charge in [0.25, 0.3) is 0 Å². The average molecular weight is 484 g/mol. The first-order chi connectivity index (χ1) is 14.6. The molecule has 0 aliphatic carbocycles. The van der Waals surface area contributed by atoms with E-state index in [1.165, 1.54) is 18.3 Å². The summed E-state index contributed by atoms with van der Waals surface area (Å²) in [5, 5.41) is 7.34. The van der Waals surface area contributed by atoms with Gasteiger partial charge in [-0.2, -0.15) is 0 Å². The number of hydrogen-bond acceptors (Lipinski definition) is 7. The van der Waals surface area contributed by atoms with Gasteiger partial charge in [0.15, 0.2) is 5.82 Å². The van der Waals surface area contributed by atoms with Gasteiger partial charge >= 0.3 is 0 Å². The van der Waals surface area contributed by atoms with Gasteiger partial charge in [0, 0.05) is 28.4 Å². The first-order valence-corrected chi connectivity index (χ1v) is 12.8. The number of nitrogens with one attached hydrogen (secondary N) is 2. The van der Waals surface area contributed by atoms with Gasteiger partial charge in [0.05, 0.1) is 17.6 Å². The zero-order valence-corrected chi connectivity index (χ0v) is 19.0. The molecule has 0 saturated carbocycles. The van der Waals surface area contributed by atoms with Gasteiger partial charge in [-0.05, 0) is 57.9 Å². The molecule has 0 aliphatic rings. The molecule has 0 radical (unpaired) electrons. The van der Waals surface area contributed by atoms with Crippen molar-refractivity contribution in [1.29, 1.82) is 5.41 Å². The van der Waals surface area contributed by atoms with Gasteiger partial charge in [0.2, 0.25) is 0 Å². The van der Waals surface area contributed by atoms with E-state index in [1.807, 2.05) is 0 Å². The lowest BCUT2D eigenvalue weighted by Gasteiger charge is -2.32. The van der Waals surface area contributed by atoms with E-state index in [0.717, 1.165) is 18.5 Å². The molecule has 3 rings (SSSR count). The van der Waals surface area contributed by atoms with Crippen LogP contribution in [0.1, 0.15) is 22.4 Å². The monoisotopic (exact) mass is 483 g/mol. The highest BCUT2D eigenvalue weighted by atomic mass is 33.5. The Balaban J connectivity index is 1.86. The average Bonchev–Trinajstić information content (AvgIpc) is 2.72. The fourth-order valence-electron chi connectivity index (χ4n) is 2.95. The van der Waals surface area contributed by atoms with Crippen LogP contribution in [-0.2, 0) is 12.8 Å². The van der Waals surface area contributed by atoms with Crippen molar-refractivity contribution in [2.24, 2.45) is 0 Å². The molecule has 3 aromatic rings. The first-order valence-electron chi connectivity index (χ1n) is 9.02. The zero-order chi connectivity index (χ0) is 22.8. The van der Waals surface area contributed by atoms with Crippen molar-refractivity contribution in [2.75, 3.05) is 10.5 Å². The normalized spacial score (nSPS) is 11.9. The second kappa shape index (κ2) is 9.41. The Bertz CT molecular complexity index is 1140. The number of aromatic nitrogens is 2. The van der Waals surface area contributed by atoms with Crippen LogP contribution in [0, 0.1) is 29.8 Å². The quantitative estimate of drug-likeness (QED) is 0.176. The minimum absolute atomic E-state index is 0.00401. The molecule has 11 heteroatoms. The maximum Gasteiger partial charge on any atom is 0.153 e. The molecular formula is C20H20F3N5S3. The first kappa shape index (κ1) is 23.3. The van der Waals surface area contributed by atoms with Gasteiger partial charge in [-0.25, -0.2) is 18.2 Å². The summed E-state index contributed by atoms with van der Waals surface area (Å²) < 4.78 is 46.1. The second-order valence-electron chi connectivity index (χ2n) is 6.74. The predicted octanol–water partition coefficient (Wildman–Crippen LogP) is 5.45. The Morgan fingerprint density at radius 2 is 1.87 bits per heavy atom. The molecule has 0 atom stereocenters. The van der Waals surface area contributed by atoms with E-state index in [4.69, 9.17) is 11.1 Å². The van der Waals surface area contributed by atoms with Crippen molar-refractivity contribution in [3.63, 3.8) is 0 Å². The van der Waals surface area contributed by atoms with Crippen molar-refractivity contribution in [1.82, 2.24) is 9.97 Å². The standard InChI is InChI=1S/C20H20F3N5S3/c1-11-18(7-14(21)10-26-11)31(29,30)28-17-5-4-16(22)15(19(17)23)3-2-12-6-13(8-24)20(25)27-9-12/h4-10,24,28-30H,2-3H2,1H3,(H2,25,27). The number of pyridine rings is 2. The topological polar surface area (TPSA) is 87.7 Å². The molecule has 0 spiro atoms. The lowest BCUT2D eigenvalue weighted by atomic mass is 10.0. The van der Waals surface area contributed by atoms with Crippen molar-refractivity contribution < 1.29 is 13.2 Å². The summed E-state index contributed by atoms with van der Waals surface area (Å²) in [5.41, 5.74) is 7.17. The number of nitrogen functional groups attached to an aromatic ring is 1. The van der Waals surface area contributed by atoms with Gasteiger partial charge in [-0.15, -0.1) is 0 Å². The fourth-order valence-corrected chi connectivity index (χ4v) is 5.97. The molecule has 0 aliphatic heterocycles. The maximum absolute atomic E-state index is 15.2. The van der Waals surface area contributed by atoms with Crippen LogP contribution in [0.15, 0.2) is 41.6 Å². The Hall–Kier alpha value is -2.37. The summed E-state index contributed by atoms with van der Waals surface area (Å²) in [6, 6.07) is 5.30. The summed E-state index contributed by atoms with van der Waals surface area (Å²) >= 11 is 8.96. The van der Waals surface area contributed by atoms with Crippen LogP contribution < -0.4 is 10.5 Å². The molecule has 0 amide bonds. The number of nitrogens with zero attached hydrogens (tertiary/aromatic N) is 2. The van der Waals surface area contributed by atoms with E-state index in [9.17, 15) is 8.78 Å². The molecule has 0 unspecified atom stereocenters. The van der Waals surface area contributed by atoms with E-state index in [2.05, 4.69) is 38.0 Å². The van der Waals surface area contributed by atoms with Crippen LogP contribution in [0.2, 0.25) is 0 Å². The molecule has 2 aromatic heterocycles. The molecule has 0 fully saturated rings. The zero-order valence-electron chi connectivity index (χ0n) is 16.4. The van der Waals surface area contributed by atoms with Crippen molar-refractivity contribution in [2.45, 2.75) is 24.7 Å². The Morgan fingerprint density at radius 3 is 2.58 bits per heavy atom. The molecule has 4 N–H and O–H groups in total. The summed E-state index contributed by atoms with van der Waals surface area (Å²) in [4.78, 5) is 8.33. The van der Waals surface area contributed by atoms with Crippen LogP contribution in [-0.4, -0.2) is 16.2 Å². The molecule has 1 aromatic carbocycles. The summed E-state index contributed by atoms with van der Waals surface area (Å²) in [7, 11) is -2.47. The van der Waals surface area contributed by atoms with Gasteiger partial charge in [-0.1, -0.05) is 23.3 Å². The number of hydrogen-bond donors (Lipinski definition) is 5. The SMILES string of the molecule is Cc1ncc(F)cc1S(S)(S)Nc1ccc(F)c(CCc2cnc(N)c(C=N)c2)c1F. The maximum atomic E-state index is 15.2. The number of rotatable bonds is 7. The molecule has 164 valence electrons. The van der Waals surface area contributed by atoms with Gasteiger partial charge in [-0.3, -0.25) is 4.98 Å². The van der Waals surface area contributed by atoms with E-state index in [0.29, 0.717) is 21.7 Å². The third-order valence-electron chi connectivity index (χ3n) is 4.58. The lowest BCUT2D eigenvalue weighted by Crippen LogP contribution is -2.08. The Kier molecular flexibility index (Phi) is 7.07. The van der Waals surface area contributed by atoms with Crippen molar-refractivity contribution >= 4 is 49.3 Å². The highest BCUT2D eigenvalue weighted by Gasteiger charge is 2.24. The van der Waals surface area contributed by atoms with Gasteiger partial charge in [0.1, 0.15) is 17.5 Å². The Morgan fingerprint density at radius 1 is 1.13 bits per heavy atom. The molecule has 2 heterocycles. The van der Waals surface area contributed by atoms with E-state index < -0.39 is 25.7 Å². The summed E-state index contributed by atoms with van der Waals surface area (Å²) in [6.45, 7) is 1.67. The van der Waals surface area contributed by atoms with Crippen LogP contribution in [0.25, 0.3) is 0 Å². The minimum atomic E-state index is -2.47. The number of thiol groups is 2. The van der Waals surface area contributed by atoms with Crippen molar-refractivity contribution in [3.05, 3.63) is 76.5 Å². The summed E-state index contributed by atoms with van der Waals surface area (Å²) in [6.07, 6.45) is 4.00. The molecule has 31 heavy (non-hydrogen) atoms.